The highest BCUT2D eigenvalue weighted by Gasteiger charge is 2.22. The number of fused-ring (bicyclic) bond motifs is 7. The van der Waals surface area contributed by atoms with Gasteiger partial charge in [0.25, 0.3) is 0 Å². The topological polar surface area (TPSA) is 29.5 Å². The lowest BCUT2D eigenvalue weighted by molar-refractivity contribution is 0.670. The molecule has 0 spiro atoms. The van der Waals surface area contributed by atoms with Gasteiger partial charge in [-0.25, -0.2) is 0 Å². The number of para-hydroxylation sites is 4. The molecule has 61 heavy (non-hydrogen) atoms. The van der Waals surface area contributed by atoms with Crippen molar-refractivity contribution in [3.05, 3.63) is 224 Å². The summed E-state index contributed by atoms with van der Waals surface area (Å²) in [5, 5.41) is 5.93. The average molecular weight is 785 g/mol. The van der Waals surface area contributed by atoms with Crippen LogP contribution in [0.5, 0.6) is 0 Å². The second kappa shape index (κ2) is 14.3. The third-order valence-corrected chi connectivity index (χ3v) is 11.8. The minimum absolute atomic E-state index is 0.186. The Kier molecular flexibility index (Phi) is 7.03. The molecule has 3 nitrogen and oxygen atoms in total. The lowest BCUT2D eigenvalue weighted by Crippen LogP contribution is -2.10. The first-order valence-electron chi connectivity index (χ1n) is 22.8. The molecule has 0 radical (unpaired) electrons. The van der Waals surface area contributed by atoms with E-state index in [1.165, 1.54) is 0 Å². The summed E-state index contributed by atoms with van der Waals surface area (Å²) in [6, 6.07) is 64.6. The van der Waals surface area contributed by atoms with Gasteiger partial charge in [0.05, 0.1) is 12.5 Å². The third kappa shape index (κ3) is 5.82. The lowest BCUT2D eigenvalue weighted by atomic mass is 9.92. The van der Waals surface area contributed by atoms with Crippen molar-refractivity contribution in [3.63, 3.8) is 0 Å². The van der Waals surface area contributed by atoms with Gasteiger partial charge in [-0.3, -0.25) is 0 Å². The van der Waals surface area contributed by atoms with Gasteiger partial charge < -0.3 is 13.7 Å². The van der Waals surface area contributed by atoms with Gasteiger partial charge in [-0.05, 0) is 80.6 Å². The molecule has 0 fully saturated rings. The summed E-state index contributed by atoms with van der Waals surface area (Å²) in [5.41, 5.74) is 12.9. The van der Waals surface area contributed by atoms with Crippen LogP contribution < -0.4 is 4.90 Å². The van der Waals surface area contributed by atoms with Crippen molar-refractivity contribution in [1.29, 1.82) is 0 Å². The van der Waals surface area contributed by atoms with Crippen LogP contribution in [0.4, 0.5) is 17.1 Å². The Morgan fingerprint density at radius 3 is 1.44 bits per heavy atom. The summed E-state index contributed by atoms with van der Waals surface area (Å²) in [5.74, 6) is 0. The molecule has 12 aromatic rings. The van der Waals surface area contributed by atoms with Crippen molar-refractivity contribution in [2.24, 2.45) is 0 Å². The molecule has 0 saturated heterocycles. The van der Waals surface area contributed by atoms with E-state index in [0.717, 1.165) is 105 Å². The van der Waals surface area contributed by atoms with Gasteiger partial charge in [-0.2, -0.15) is 0 Å². The van der Waals surface area contributed by atoms with Gasteiger partial charge in [-0.15, -0.1) is 0 Å². The van der Waals surface area contributed by atoms with Crippen LogP contribution in [-0.2, 0) is 0 Å². The summed E-state index contributed by atoms with van der Waals surface area (Å²) >= 11 is 0. The van der Waals surface area contributed by atoms with Crippen molar-refractivity contribution in [2.45, 2.75) is 0 Å². The number of anilines is 3. The largest absolute Gasteiger partial charge is 0.455 e. The average Bonchev–Trinajstić information content (AvgIpc) is 3.96. The number of hydrogen-bond acceptors (Lipinski definition) is 3. The minimum atomic E-state index is -0.409. The predicted octanol–water partition coefficient (Wildman–Crippen LogP) is 16.8. The van der Waals surface area contributed by atoms with Crippen molar-refractivity contribution < 1.29 is 15.7 Å². The molecule has 0 bridgehead atoms. The Labute approximate surface area is 360 Å². The molecule has 10 aromatic carbocycles. The molecule has 12 rings (SSSR count). The van der Waals surface area contributed by atoms with E-state index < -0.39 is 6.04 Å². The van der Waals surface area contributed by atoms with E-state index in [0.29, 0.717) is 5.56 Å². The fourth-order valence-corrected chi connectivity index (χ4v) is 8.96. The number of benzene rings is 10. The summed E-state index contributed by atoms with van der Waals surface area (Å²) in [6.07, 6.45) is 0. The van der Waals surface area contributed by atoms with Crippen LogP contribution in [0.2, 0.25) is 0 Å². The Hall–Kier alpha value is -8.14. The van der Waals surface area contributed by atoms with Crippen LogP contribution in [0.25, 0.3) is 99.2 Å². The van der Waals surface area contributed by atoms with Crippen molar-refractivity contribution in [3.8, 4) is 44.5 Å². The van der Waals surface area contributed by atoms with Gasteiger partial charge in [0, 0.05) is 44.0 Å². The highest BCUT2D eigenvalue weighted by atomic mass is 16.3. The second-order valence-corrected chi connectivity index (χ2v) is 15.2. The van der Waals surface area contributed by atoms with Gasteiger partial charge in [-0.1, -0.05) is 188 Å². The van der Waals surface area contributed by atoms with E-state index in [2.05, 4.69) is 126 Å². The van der Waals surface area contributed by atoms with Crippen LogP contribution in [0.15, 0.2) is 233 Å². The monoisotopic (exact) mass is 784 g/mol. The SMILES string of the molecule is [2H]c1c([2H])c([2H])c(-c2ccc(-c3ccc(N(c4ccc(-c5cccc6c5oc5ccccc56)cc4)c4cccc5c4oc4c(-c6ccccc6)cccc45)cc3)c3ccccc23)c([2H])c1[2H]. The predicted molar refractivity (Wildman–Crippen MR) is 255 cm³/mol. The molecule has 2 heterocycles. The molecular formula is C58H37NO2. The Balaban J connectivity index is 1.01. The van der Waals surface area contributed by atoms with Crippen molar-refractivity contribution in [1.82, 2.24) is 0 Å². The molecule has 0 aliphatic heterocycles. The zero-order chi connectivity index (χ0) is 44.6. The molecule has 2 aromatic heterocycles. The molecule has 0 atom stereocenters. The maximum absolute atomic E-state index is 8.72. The molecule has 286 valence electrons. The fourth-order valence-electron chi connectivity index (χ4n) is 8.96. The summed E-state index contributed by atoms with van der Waals surface area (Å²) < 4.78 is 55.7. The highest BCUT2D eigenvalue weighted by Crippen LogP contribution is 2.46. The minimum Gasteiger partial charge on any atom is -0.455 e. The first-order chi connectivity index (χ1) is 32.3. The standard InChI is InChI=1S/C58H37NO2/c1-3-14-38(15-4-1)44-36-37-45(49-19-8-7-18-48(44)49)40-28-32-42(33-29-40)59(43-34-30-41(31-35-43)47-22-11-23-51-50-20-9-10-27-55(50)60-56(47)51)54-26-13-25-53-52-24-12-21-46(57(52)61-58(53)54)39-16-5-2-6-17-39/h1-37H/i1D,3D,4D,14D,15D. The molecule has 0 saturated carbocycles. The number of rotatable bonds is 7. The molecule has 3 heteroatoms. The Bertz CT molecular complexity index is 3850. The molecule has 0 aliphatic carbocycles. The molecule has 0 N–H and O–H groups in total. The van der Waals surface area contributed by atoms with Gasteiger partial charge in [0.15, 0.2) is 5.58 Å². The van der Waals surface area contributed by atoms with Crippen LogP contribution in [0.1, 0.15) is 6.85 Å². The molecule has 0 amide bonds. The maximum atomic E-state index is 8.72. The van der Waals surface area contributed by atoms with E-state index in [-0.39, 0.29) is 29.7 Å². The van der Waals surface area contributed by atoms with Gasteiger partial charge >= 0.3 is 0 Å². The van der Waals surface area contributed by atoms with Gasteiger partial charge in [0.1, 0.15) is 16.7 Å². The number of hydrogen-bond donors (Lipinski definition) is 0. The van der Waals surface area contributed by atoms with Crippen LogP contribution in [-0.4, -0.2) is 0 Å². The summed E-state index contributed by atoms with van der Waals surface area (Å²) in [6.45, 7) is 0. The molecule has 0 unspecified atom stereocenters. The number of nitrogens with zero attached hydrogens (tertiary/aromatic N) is 1. The van der Waals surface area contributed by atoms with Crippen LogP contribution in [0, 0.1) is 0 Å². The van der Waals surface area contributed by atoms with Crippen molar-refractivity contribution >= 4 is 71.7 Å². The van der Waals surface area contributed by atoms with Crippen LogP contribution in [0.3, 0.4) is 0 Å². The van der Waals surface area contributed by atoms with E-state index in [4.69, 9.17) is 15.7 Å². The molecular weight excluding hydrogens is 743 g/mol. The second-order valence-electron chi connectivity index (χ2n) is 15.2. The van der Waals surface area contributed by atoms with Crippen molar-refractivity contribution in [2.75, 3.05) is 4.90 Å². The smallest absolute Gasteiger partial charge is 0.159 e. The normalized spacial score (nSPS) is 12.8. The molecule has 0 aliphatic rings. The quantitative estimate of drug-likeness (QED) is 0.161. The zero-order valence-electron chi connectivity index (χ0n) is 37.7. The Morgan fingerprint density at radius 1 is 0.311 bits per heavy atom. The van der Waals surface area contributed by atoms with E-state index in [9.17, 15) is 0 Å². The van der Waals surface area contributed by atoms with Gasteiger partial charge in [0.2, 0.25) is 0 Å². The Morgan fingerprint density at radius 2 is 0.787 bits per heavy atom. The zero-order valence-corrected chi connectivity index (χ0v) is 32.7. The first-order valence-corrected chi connectivity index (χ1v) is 20.3. The van der Waals surface area contributed by atoms with E-state index >= 15 is 0 Å². The highest BCUT2D eigenvalue weighted by molar-refractivity contribution is 6.14. The fraction of sp³-hybridized carbons (Fsp3) is 0. The van der Waals surface area contributed by atoms with E-state index in [1.54, 1.807) is 0 Å². The third-order valence-electron chi connectivity index (χ3n) is 11.8. The maximum Gasteiger partial charge on any atom is 0.159 e. The summed E-state index contributed by atoms with van der Waals surface area (Å²) in [4.78, 5) is 2.24. The van der Waals surface area contributed by atoms with E-state index in [1.807, 2.05) is 72.8 Å². The summed E-state index contributed by atoms with van der Waals surface area (Å²) in [7, 11) is 0. The lowest BCUT2D eigenvalue weighted by Gasteiger charge is -2.26. The number of furan rings is 2. The first kappa shape index (κ1) is 30.0. The van der Waals surface area contributed by atoms with Crippen LogP contribution >= 0.6 is 0 Å².